The first kappa shape index (κ1) is 16.2. The van der Waals surface area contributed by atoms with Gasteiger partial charge in [-0.1, -0.05) is 64.4 Å². The van der Waals surface area contributed by atoms with Crippen LogP contribution in [0, 0.1) is 0 Å². The summed E-state index contributed by atoms with van der Waals surface area (Å²) >= 11 is 0. The lowest BCUT2D eigenvalue weighted by atomic mass is 10.1. The summed E-state index contributed by atoms with van der Waals surface area (Å²) in [5.41, 5.74) is 1.27. The van der Waals surface area contributed by atoms with E-state index in [2.05, 4.69) is 19.1 Å². The van der Waals surface area contributed by atoms with Gasteiger partial charge >= 0.3 is 0 Å². The molecular weight excluding hydrogens is 303 g/mol. The van der Waals surface area contributed by atoms with Gasteiger partial charge in [0.15, 0.2) is 0 Å². The van der Waals surface area contributed by atoms with Gasteiger partial charge in [-0.3, -0.25) is 4.55 Å². The fourth-order valence-corrected chi connectivity index (χ4v) is 4.41. The first-order chi connectivity index (χ1) is 10.0. The molecule has 0 amide bonds. The van der Waals surface area contributed by atoms with Crippen LogP contribution in [-0.4, -0.2) is 13.0 Å². The summed E-state index contributed by atoms with van der Waals surface area (Å²) in [5, 5.41) is 1.73. The first-order valence-electron chi connectivity index (χ1n) is 6.93. The van der Waals surface area contributed by atoms with E-state index in [1.165, 1.54) is 11.6 Å². The zero-order chi connectivity index (χ0) is 15.3. The van der Waals surface area contributed by atoms with E-state index in [4.69, 9.17) is 0 Å². The molecule has 0 aliphatic heterocycles. The molecule has 5 heteroatoms. The lowest BCUT2D eigenvalue weighted by Crippen LogP contribution is -2.13. The molecule has 0 heterocycles. The standard InChI is InChI=1S/C16H19O3PS/c1-2-3-7-13-8-6-9-14(12-13)20-15-10-4-5-11-16(15)21(17,18)19/h4-6,8-12,20H,2-3,7H2,1H3,(H,17,18,19). The summed E-state index contributed by atoms with van der Waals surface area (Å²) in [6.07, 6.45) is 3.33. The smallest absolute Gasteiger partial charge is 0.282 e. The Hall–Kier alpha value is -1.22. The van der Waals surface area contributed by atoms with Gasteiger partial charge in [0.25, 0.3) is 10.1 Å². The monoisotopic (exact) mass is 322 g/mol. The van der Waals surface area contributed by atoms with Crippen LogP contribution >= 0.6 is 8.58 Å². The highest BCUT2D eigenvalue weighted by atomic mass is 32.2. The second-order valence-corrected chi connectivity index (χ2v) is 7.66. The molecule has 0 fully saturated rings. The molecular formula is C16H19O3PS. The van der Waals surface area contributed by atoms with Crippen LogP contribution in [0.3, 0.4) is 0 Å². The predicted octanol–water partition coefficient (Wildman–Crippen LogP) is 2.91. The Morgan fingerprint density at radius 2 is 1.86 bits per heavy atom. The van der Waals surface area contributed by atoms with Crippen LogP contribution in [-0.2, 0) is 16.5 Å². The zero-order valence-corrected chi connectivity index (χ0v) is 13.7. The molecule has 2 aromatic rings. The van der Waals surface area contributed by atoms with E-state index in [0.717, 1.165) is 24.6 Å². The quantitative estimate of drug-likeness (QED) is 0.657. The van der Waals surface area contributed by atoms with Gasteiger partial charge in [0, 0.05) is 0 Å². The third-order valence-electron chi connectivity index (χ3n) is 3.19. The van der Waals surface area contributed by atoms with Gasteiger partial charge < -0.3 is 0 Å². The van der Waals surface area contributed by atoms with Crippen LogP contribution in [0.15, 0.2) is 53.4 Å². The highest BCUT2D eigenvalue weighted by molar-refractivity contribution is 7.86. The number of aryl methyl sites for hydroxylation is 1. The van der Waals surface area contributed by atoms with Gasteiger partial charge in [0.05, 0.1) is 0 Å². The summed E-state index contributed by atoms with van der Waals surface area (Å²) in [4.78, 5) is 0.00212. The molecule has 21 heavy (non-hydrogen) atoms. The topological polar surface area (TPSA) is 54.4 Å². The normalized spacial score (nSPS) is 12.1. The van der Waals surface area contributed by atoms with E-state index in [1.807, 2.05) is 12.1 Å². The summed E-state index contributed by atoms with van der Waals surface area (Å²) in [5.74, 6) is 0. The molecule has 0 saturated carbocycles. The van der Waals surface area contributed by atoms with Crippen LogP contribution in [0.25, 0.3) is 0 Å². The Balaban J connectivity index is 2.27. The van der Waals surface area contributed by atoms with Crippen molar-refractivity contribution in [2.24, 2.45) is 0 Å². The second kappa shape index (κ2) is 7.17. The van der Waals surface area contributed by atoms with Crippen molar-refractivity contribution in [3.8, 4) is 0 Å². The van der Waals surface area contributed by atoms with E-state index < -0.39 is 10.1 Å². The maximum Gasteiger partial charge on any atom is 0.295 e. The molecule has 0 spiro atoms. The molecule has 0 aromatic heterocycles. The van der Waals surface area contributed by atoms with Crippen molar-refractivity contribution in [3.63, 3.8) is 0 Å². The van der Waals surface area contributed by atoms with Crippen LogP contribution in [0.4, 0.5) is 0 Å². The molecule has 0 saturated heterocycles. The lowest BCUT2D eigenvalue weighted by molar-refractivity contribution is 0.484. The molecule has 1 unspecified atom stereocenters. The number of hydrogen-bond acceptors (Lipinski definition) is 2. The SMILES string of the molecule is CCCCc1cccc(Pc2ccccc2S(=O)(=O)O)c1. The molecule has 0 radical (unpaired) electrons. The van der Waals surface area contributed by atoms with Crippen molar-refractivity contribution in [2.75, 3.05) is 0 Å². The van der Waals surface area contributed by atoms with E-state index >= 15 is 0 Å². The van der Waals surface area contributed by atoms with Crippen molar-refractivity contribution < 1.29 is 13.0 Å². The largest absolute Gasteiger partial charge is 0.295 e. The Labute approximate surface area is 127 Å². The first-order valence-corrected chi connectivity index (χ1v) is 9.37. The van der Waals surface area contributed by atoms with Crippen LogP contribution in [0.2, 0.25) is 0 Å². The minimum absolute atomic E-state index is 0.00212. The van der Waals surface area contributed by atoms with Crippen LogP contribution in [0.1, 0.15) is 25.3 Å². The lowest BCUT2D eigenvalue weighted by Gasteiger charge is -2.08. The highest BCUT2D eigenvalue weighted by Crippen LogP contribution is 2.18. The molecule has 1 N–H and O–H groups in total. The van der Waals surface area contributed by atoms with Gasteiger partial charge in [0.1, 0.15) is 4.90 Å². The van der Waals surface area contributed by atoms with Crippen molar-refractivity contribution in [1.29, 1.82) is 0 Å². The van der Waals surface area contributed by atoms with E-state index in [9.17, 15) is 13.0 Å². The average Bonchev–Trinajstić information content (AvgIpc) is 2.45. The third-order valence-corrected chi connectivity index (χ3v) is 5.59. The molecule has 0 bridgehead atoms. The number of benzene rings is 2. The van der Waals surface area contributed by atoms with E-state index in [1.54, 1.807) is 18.2 Å². The molecule has 3 nitrogen and oxygen atoms in total. The fourth-order valence-electron chi connectivity index (χ4n) is 2.14. The number of hydrogen-bond donors (Lipinski definition) is 1. The summed E-state index contributed by atoms with van der Waals surface area (Å²) in [6.45, 7) is 2.16. The van der Waals surface area contributed by atoms with Crippen molar-refractivity contribution in [1.82, 2.24) is 0 Å². The Morgan fingerprint density at radius 1 is 1.10 bits per heavy atom. The summed E-state index contributed by atoms with van der Waals surface area (Å²) in [7, 11) is -3.96. The Morgan fingerprint density at radius 3 is 2.57 bits per heavy atom. The maximum absolute atomic E-state index is 11.4. The van der Waals surface area contributed by atoms with Gasteiger partial charge in [0.2, 0.25) is 0 Å². The predicted molar refractivity (Wildman–Crippen MR) is 88.9 cm³/mol. The zero-order valence-electron chi connectivity index (χ0n) is 11.9. The van der Waals surface area contributed by atoms with Crippen molar-refractivity contribution in [2.45, 2.75) is 31.1 Å². The van der Waals surface area contributed by atoms with Crippen molar-refractivity contribution in [3.05, 3.63) is 54.1 Å². The maximum atomic E-state index is 11.4. The molecule has 2 aromatic carbocycles. The third kappa shape index (κ3) is 4.63. The second-order valence-electron chi connectivity index (χ2n) is 4.90. The number of rotatable bonds is 6. The molecule has 1 atom stereocenters. The fraction of sp³-hybridized carbons (Fsp3) is 0.250. The van der Waals surface area contributed by atoms with Gasteiger partial charge in [-0.2, -0.15) is 8.42 Å². The van der Waals surface area contributed by atoms with Crippen LogP contribution < -0.4 is 10.6 Å². The Bertz CT molecular complexity index is 711. The van der Waals surface area contributed by atoms with Crippen LogP contribution in [0.5, 0.6) is 0 Å². The van der Waals surface area contributed by atoms with E-state index in [0.29, 0.717) is 5.30 Å². The Kier molecular flexibility index (Phi) is 5.51. The minimum atomic E-state index is -4.17. The van der Waals surface area contributed by atoms with Gasteiger partial charge in [-0.25, -0.2) is 0 Å². The molecule has 112 valence electrons. The average molecular weight is 322 g/mol. The minimum Gasteiger partial charge on any atom is -0.282 e. The molecule has 0 aliphatic carbocycles. The number of unbranched alkanes of at least 4 members (excludes halogenated alkanes) is 1. The summed E-state index contributed by atoms with van der Waals surface area (Å²) < 4.78 is 32.1. The van der Waals surface area contributed by atoms with E-state index in [-0.39, 0.29) is 13.5 Å². The van der Waals surface area contributed by atoms with Gasteiger partial charge in [-0.15, -0.1) is 0 Å². The summed E-state index contributed by atoms with van der Waals surface area (Å²) in [6, 6.07) is 14.8. The molecule has 0 aliphatic rings. The van der Waals surface area contributed by atoms with Gasteiger partial charge in [-0.05, 0) is 35.1 Å². The molecule has 2 rings (SSSR count). The highest BCUT2D eigenvalue weighted by Gasteiger charge is 2.14. The van der Waals surface area contributed by atoms with Crippen molar-refractivity contribution >= 4 is 29.3 Å².